The Labute approximate surface area is 171 Å². The van der Waals surface area contributed by atoms with Crippen LogP contribution in [0.15, 0.2) is 53.4 Å². The van der Waals surface area contributed by atoms with Crippen molar-refractivity contribution in [2.75, 3.05) is 25.5 Å². The lowest BCUT2D eigenvalue weighted by molar-refractivity contribution is -0.137. The van der Waals surface area contributed by atoms with Crippen LogP contribution in [0.25, 0.3) is 0 Å². The number of hydrogen-bond acceptors (Lipinski definition) is 5. The molecule has 30 heavy (non-hydrogen) atoms. The first-order valence-electron chi connectivity index (χ1n) is 8.49. The number of nitrogens with two attached hydrogens (primary N) is 1. The fourth-order valence-corrected chi connectivity index (χ4v) is 2.85. The molecule has 0 saturated heterocycles. The van der Waals surface area contributed by atoms with Crippen LogP contribution in [0.5, 0.6) is 5.75 Å². The third-order valence-corrected chi connectivity index (χ3v) is 4.82. The van der Waals surface area contributed by atoms with Crippen LogP contribution < -0.4 is 15.2 Å². The van der Waals surface area contributed by atoms with Gasteiger partial charge >= 0.3 is 12.2 Å². The van der Waals surface area contributed by atoms with E-state index in [0.717, 1.165) is 29.2 Å². The number of sulfonamides is 1. The van der Waals surface area contributed by atoms with E-state index in [2.05, 4.69) is 5.32 Å². The first kappa shape index (κ1) is 23.4. The number of rotatable bonds is 7. The number of ether oxygens (including phenoxy) is 1. The van der Waals surface area contributed by atoms with Crippen molar-refractivity contribution in [1.82, 2.24) is 4.90 Å². The SMILES string of the molecule is CN(CC(O)COc1ccc(C(F)(F)F)cc1)C(=O)Nc1ccc(S(N)(=O)=O)cc1. The number of hydrogen-bond donors (Lipinski definition) is 3. The van der Waals surface area contributed by atoms with E-state index in [9.17, 15) is 31.5 Å². The van der Waals surface area contributed by atoms with Crippen LogP contribution in [0, 0.1) is 0 Å². The highest BCUT2D eigenvalue weighted by atomic mass is 32.2. The van der Waals surface area contributed by atoms with Gasteiger partial charge in [0.05, 0.1) is 17.0 Å². The van der Waals surface area contributed by atoms with Crippen LogP contribution in [0.2, 0.25) is 0 Å². The molecule has 8 nitrogen and oxygen atoms in total. The number of aliphatic hydroxyl groups is 1. The predicted molar refractivity (Wildman–Crippen MR) is 102 cm³/mol. The summed E-state index contributed by atoms with van der Waals surface area (Å²) in [7, 11) is -2.43. The maximum atomic E-state index is 12.5. The van der Waals surface area contributed by atoms with Crippen molar-refractivity contribution in [2.24, 2.45) is 5.14 Å². The average Bonchev–Trinajstić information content (AvgIpc) is 2.65. The molecule has 164 valence electrons. The summed E-state index contributed by atoms with van der Waals surface area (Å²) in [6.45, 7) is -0.367. The average molecular weight is 447 g/mol. The normalized spacial score (nSPS) is 12.9. The second kappa shape index (κ2) is 9.32. The molecule has 12 heteroatoms. The number of nitrogens with zero attached hydrogens (tertiary/aromatic N) is 1. The van der Waals surface area contributed by atoms with Gasteiger partial charge in [-0.05, 0) is 48.5 Å². The van der Waals surface area contributed by atoms with Gasteiger partial charge in [0, 0.05) is 12.7 Å². The molecule has 2 aromatic carbocycles. The highest BCUT2D eigenvalue weighted by Crippen LogP contribution is 2.30. The Hall–Kier alpha value is -2.83. The number of halogens is 3. The van der Waals surface area contributed by atoms with E-state index in [1.165, 1.54) is 31.3 Å². The van der Waals surface area contributed by atoms with Crippen LogP contribution in [0.3, 0.4) is 0 Å². The number of carbonyl (C=O) groups excluding carboxylic acids is 1. The van der Waals surface area contributed by atoms with Gasteiger partial charge in [0.1, 0.15) is 18.5 Å². The summed E-state index contributed by atoms with van der Waals surface area (Å²) in [6, 6.07) is 8.60. The number of carbonyl (C=O) groups is 1. The van der Waals surface area contributed by atoms with E-state index >= 15 is 0 Å². The summed E-state index contributed by atoms with van der Waals surface area (Å²) in [5.41, 5.74) is -0.501. The van der Waals surface area contributed by atoms with Gasteiger partial charge in [-0.15, -0.1) is 0 Å². The molecule has 0 aliphatic rings. The second-order valence-electron chi connectivity index (χ2n) is 6.37. The predicted octanol–water partition coefficient (Wildman–Crippen LogP) is 2.26. The van der Waals surface area contributed by atoms with E-state index in [0.29, 0.717) is 5.69 Å². The van der Waals surface area contributed by atoms with Gasteiger partial charge in [-0.1, -0.05) is 0 Å². The molecule has 0 spiro atoms. The molecule has 0 heterocycles. The Morgan fingerprint density at radius 2 is 1.73 bits per heavy atom. The first-order chi connectivity index (χ1) is 13.9. The number of urea groups is 1. The third kappa shape index (κ3) is 6.90. The number of benzene rings is 2. The van der Waals surface area contributed by atoms with Gasteiger partial charge < -0.3 is 20.1 Å². The highest BCUT2D eigenvalue weighted by molar-refractivity contribution is 7.89. The Morgan fingerprint density at radius 3 is 2.23 bits per heavy atom. The van der Waals surface area contributed by atoms with Crippen molar-refractivity contribution in [3.05, 3.63) is 54.1 Å². The summed E-state index contributed by atoms with van der Waals surface area (Å²) in [5, 5.41) is 17.5. The standard InChI is InChI=1S/C18H20F3N3O5S/c1-24(17(26)23-13-4-8-16(9-5-13)30(22,27)28)10-14(25)11-29-15-6-2-12(3-7-15)18(19,20)21/h2-9,14,25H,10-11H2,1H3,(H,23,26)(H2,22,27,28). The van der Waals surface area contributed by atoms with Gasteiger partial charge in [-0.3, -0.25) is 0 Å². The van der Waals surface area contributed by atoms with Gasteiger partial charge in [0.15, 0.2) is 0 Å². The Bertz CT molecular complexity index is 964. The molecule has 0 aliphatic carbocycles. The lowest BCUT2D eigenvalue weighted by Gasteiger charge is -2.21. The van der Waals surface area contributed by atoms with Crippen molar-refractivity contribution in [1.29, 1.82) is 0 Å². The zero-order valence-electron chi connectivity index (χ0n) is 15.8. The van der Waals surface area contributed by atoms with E-state index in [1.54, 1.807) is 0 Å². The van der Waals surface area contributed by atoms with Crippen molar-refractivity contribution < 1.29 is 36.2 Å². The van der Waals surface area contributed by atoms with E-state index in [4.69, 9.17) is 9.88 Å². The van der Waals surface area contributed by atoms with Crippen LogP contribution in [0.1, 0.15) is 5.56 Å². The highest BCUT2D eigenvalue weighted by Gasteiger charge is 2.30. The maximum Gasteiger partial charge on any atom is 0.416 e. The topological polar surface area (TPSA) is 122 Å². The number of aliphatic hydroxyl groups excluding tert-OH is 1. The van der Waals surface area contributed by atoms with Crippen molar-refractivity contribution in [2.45, 2.75) is 17.2 Å². The molecule has 4 N–H and O–H groups in total. The Balaban J connectivity index is 1.83. The van der Waals surface area contributed by atoms with Crippen LogP contribution in [0.4, 0.5) is 23.7 Å². The summed E-state index contributed by atoms with van der Waals surface area (Å²) in [4.78, 5) is 13.2. The summed E-state index contributed by atoms with van der Waals surface area (Å²) >= 11 is 0. The molecule has 1 unspecified atom stereocenters. The lowest BCUT2D eigenvalue weighted by Crippen LogP contribution is -2.39. The first-order valence-corrected chi connectivity index (χ1v) is 10.0. The van der Waals surface area contributed by atoms with Gasteiger partial charge in [-0.2, -0.15) is 13.2 Å². The molecule has 0 aromatic heterocycles. The van der Waals surface area contributed by atoms with Crippen molar-refractivity contribution in [3.63, 3.8) is 0 Å². The number of alkyl halides is 3. The van der Waals surface area contributed by atoms with Crippen molar-refractivity contribution in [3.8, 4) is 5.75 Å². The number of anilines is 1. The maximum absolute atomic E-state index is 12.5. The largest absolute Gasteiger partial charge is 0.491 e. The zero-order valence-corrected chi connectivity index (χ0v) is 16.6. The third-order valence-electron chi connectivity index (χ3n) is 3.89. The molecular weight excluding hydrogens is 427 g/mol. The fraction of sp³-hybridized carbons (Fsp3) is 0.278. The minimum Gasteiger partial charge on any atom is -0.491 e. The number of primary sulfonamides is 1. The van der Waals surface area contributed by atoms with Crippen LogP contribution in [-0.4, -0.2) is 50.8 Å². The monoisotopic (exact) mass is 447 g/mol. The van der Waals surface area contributed by atoms with Crippen LogP contribution >= 0.6 is 0 Å². The molecule has 1 atom stereocenters. The molecule has 0 aliphatic heterocycles. The Kier molecular flexibility index (Phi) is 7.29. The molecule has 2 amide bonds. The van der Waals surface area contributed by atoms with Gasteiger partial charge in [0.25, 0.3) is 0 Å². The lowest BCUT2D eigenvalue weighted by atomic mass is 10.2. The summed E-state index contributed by atoms with van der Waals surface area (Å²) < 4.78 is 65.2. The summed E-state index contributed by atoms with van der Waals surface area (Å²) in [5.74, 6) is 0.143. The number of amides is 2. The van der Waals surface area contributed by atoms with Crippen LogP contribution in [-0.2, 0) is 16.2 Å². The molecule has 0 saturated carbocycles. The fourth-order valence-electron chi connectivity index (χ4n) is 2.33. The van der Waals surface area contributed by atoms with E-state index in [-0.39, 0.29) is 23.8 Å². The minimum atomic E-state index is -4.45. The smallest absolute Gasteiger partial charge is 0.416 e. The molecule has 0 fully saturated rings. The molecule has 0 bridgehead atoms. The quantitative estimate of drug-likeness (QED) is 0.601. The van der Waals surface area contributed by atoms with Crippen molar-refractivity contribution >= 4 is 21.7 Å². The molecule has 2 rings (SSSR count). The Morgan fingerprint density at radius 1 is 1.17 bits per heavy atom. The van der Waals surface area contributed by atoms with Gasteiger partial charge in [-0.25, -0.2) is 18.4 Å². The molecule has 2 aromatic rings. The van der Waals surface area contributed by atoms with E-state index < -0.39 is 33.9 Å². The van der Waals surface area contributed by atoms with Gasteiger partial charge in [0.2, 0.25) is 10.0 Å². The number of likely N-dealkylation sites (N-methyl/N-ethyl adjacent to an activating group) is 1. The summed E-state index contributed by atoms with van der Waals surface area (Å²) in [6.07, 6.45) is -5.56. The molecular formula is C18H20F3N3O5S. The molecule has 0 radical (unpaired) electrons. The zero-order chi connectivity index (χ0) is 22.5. The second-order valence-corrected chi connectivity index (χ2v) is 7.93. The number of nitrogens with one attached hydrogen (secondary N) is 1. The van der Waals surface area contributed by atoms with E-state index in [1.807, 2.05) is 0 Å². The minimum absolute atomic E-state index is 0.107.